The standard InChI is InChI=1S/C20H22N4OS3/c25-18(11-12-24-19(22-23-20(24)26)17-6-3-13-27-17)21-14-7-9-16(10-8-14)28-15-4-1-2-5-15/h3,6-10,13,15H,1-2,4-5,11-12H2,(H,21,25)(H,23,26). The number of amides is 1. The molecule has 146 valence electrons. The molecule has 0 radical (unpaired) electrons. The number of rotatable bonds is 7. The Kier molecular flexibility index (Phi) is 6.29. The molecule has 2 heterocycles. The molecule has 1 saturated carbocycles. The second-order valence-electron chi connectivity index (χ2n) is 6.83. The molecule has 1 aliphatic rings. The van der Waals surface area contributed by atoms with Crippen molar-refractivity contribution < 1.29 is 4.79 Å². The number of aromatic nitrogens is 3. The van der Waals surface area contributed by atoms with Crippen LogP contribution in [0, 0.1) is 4.77 Å². The number of nitrogens with one attached hydrogen (secondary N) is 2. The van der Waals surface area contributed by atoms with Crippen molar-refractivity contribution in [2.24, 2.45) is 0 Å². The average molecular weight is 431 g/mol. The Balaban J connectivity index is 1.33. The first-order chi connectivity index (χ1) is 13.7. The Morgan fingerprint density at radius 3 is 2.79 bits per heavy atom. The highest BCUT2D eigenvalue weighted by atomic mass is 32.2. The highest BCUT2D eigenvalue weighted by molar-refractivity contribution is 8.00. The normalized spacial score (nSPS) is 14.4. The van der Waals surface area contributed by atoms with Crippen molar-refractivity contribution in [1.82, 2.24) is 14.8 Å². The minimum absolute atomic E-state index is 0.0311. The van der Waals surface area contributed by atoms with Gasteiger partial charge in [-0.1, -0.05) is 18.9 Å². The Morgan fingerprint density at radius 2 is 2.07 bits per heavy atom. The van der Waals surface area contributed by atoms with Gasteiger partial charge in [0.15, 0.2) is 10.6 Å². The maximum Gasteiger partial charge on any atom is 0.226 e. The van der Waals surface area contributed by atoms with Crippen LogP contribution in [0.15, 0.2) is 46.7 Å². The van der Waals surface area contributed by atoms with Crippen molar-refractivity contribution in [3.8, 4) is 10.7 Å². The predicted molar refractivity (Wildman–Crippen MR) is 119 cm³/mol. The summed E-state index contributed by atoms with van der Waals surface area (Å²) in [7, 11) is 0. The molecule has 2 N–H and O–H groups in total. The van der Waals surface area contributed by atoms with Crippen LogP contribution in [0.1, 0.15) is 32.1 Å². The summed E-state index contributed by atoms with van der Waals surface area (Å²) in [4.78, 5) is 14.7. The van der Waals surface area contributed by atoms with Gasteiger partial charge in [0, 0.05) is 28.8 Å². The molecule has 3 aromatic rings. The van der Waals surface area contributed by atoms with Crippen LogP contribution in [0.4, 0.5) is 5.69 Å². The van der Waals surface area contributed by atoms with E-state index in [2.05, 4.69) is 27.6 Å². The van der Waals surface area contributed by atoms with Crippen molar-refractivity contribution in [3.05, 3.63) is 46.5 Å². The molecule has 0 spiro atoms. The van der Waals surface area contributed by atoms with Gasteiger partial charge in [0.1, 0.15) is 0 Å². The Morgan fingerprint density at radius 1 is 1.29 bits per heavy atom. The van der Waals surface area contributed by atoms with Gasteiger partial charge in [-0.3, -0.25) is 14.5 Å². The summed E-state index contributed by atoms with van der Waals surface area (Å²) in [6, 6.07) is 12.1. The third-order valence-electron chi connectivity index (χ3n) is 4.81. The van der Waals surface area contributed by atoms with Crippen molar-refractivity contribution in [1.29, 1.82) is 0 Å². The van der Waals surface area contributed by atoms with Gasteiger partial charge in [0.25, 0.3) is 0 Å². The van der Waals surface area contributed by atoms with Gasteiger partial charge in [-0.15, -0.1) is 23.1 Å². The first-order valence-corrected chi connectivity index (χ1v) is 11.6. The van der Waals surface area contributed by atoms with Crippen molar-refractivity contribution >= 4 is 46.9 Å². The van der Waals surface area contributed by atoms with Gasteiger partial charge in [-0.2, -0.15) is 5.10 Å². The highest BCUT2D eigenvalue weighted by Crippen LogP contribution is 2.35. The zero-order chi connectivity index (χ0) is 19.3. The minimum atomic E-state index is -0.0311. The quantitative estimate of drug-likeness (QED) is 0.470. The molecule has 0 unspecified atom stereocenters. The molecule has 1 aromatic carbocycles. The minimum Gasteiger partial charge on any atom is -0.326 e. The number of H-pyrrole nitrogens is 1. The fourth-order valence-corrected chi connectivity index (χ4v) is 5.56. The number of hydrogen-bond acceptors (Lipinski definition) is 5. The monoisotopic (exact) mass is 430 g/mol. The molecular formula is C20H22N4OS3. The molecule has 0 atom stereocenters. The number of nitrogens with zero attached hydrogens (tertiary/aromatic N) is 2. The van der Waals surface area contributed by atoms with Crippen LogP contribution < -0.4 is 5.32 Å². The number of carbonyl (C=O) groups is 1. The Bertz CT molecular complexity index is 970. The van der Waals surface area contributed by atoms with E-state index in [1.54, 1.807) is 11.3 Å². The summed E-state index contributed by atoms with van der Waals surface area (Å²) in [6.07, 6.45) is 5.66. The van der Waals surface area contributed by atoms with Crippen LogP contribution in [0.3, 0.4) is 0 Å². The van der Waals surface area contributed by atoms with Crippen LogP contribution in [-0.4, -0.2) is 25.9 Å². The number of benzene rings is 1. The van der Waals surface area contributed by atoms with E-state index in [4.69, 9.17) is 12.2 Å². The van der Waals surface area contributed by atoms with Gasteiger partial charge in [-0.05, 0) is 60.8 Å². The fraction of sp³-hybridized carbons (Fsp3) is 0.350. The number of aromatic amines is 1. The van der Waals surface area contributed by atoms with Gasteiger partial charge in [-0.25, -0.2) is 0 Å². The number of carbonyl (C=O) groups excluding carboxylic acids is 1. The average Bonchev–Trinajstić information content (AvgIpc) is 3.44. The van der Waals surface area contributed by atoms with Crippen molar-refractivity contribution in [2.75, 3.05) is 5.32 Å². The lowest BCUT2D eigenvalue weighted by Gasteiger charge is -2.10. The molecule has 4 rings (SSSR count). The lowest BCUT2D eigenvalue weighted by atomic mass is 10.3. The molecule has 1 fully saturated rings. The van der Waals surface area contributed by atoms with E-state index in [1.807, 2.05) is 46.0 Å². The maximum atomic E-state index is 12.4. The van der Waals surface area contributed by atoms with Crippen molar-refractivity contribution in [3.63, 3.8) is 0 Å². The molecule has 0 saturated heterocycles. The van der Waals surface area contributed by atoms with Crippen LogP contribution in [0.25, 0.3) is 10.7 Å². The largest absolute Gasteiger partial charge is 0.326 e. The topological polar surface area (TPSA) is 62.7 Å². The third kappa shape index (κ3) is 4.74. The van der Waals surface area contributed by atoms with E-state index in [9.17, 15) is 4.79 Å². The number of hydrogen-bond donors (Lipinski definition) is 2. The SMILES string of the molecule is O=C(CCn1c(-c2cccs2)n[nH]c1=S)Nc1ccc(SC2CCCC2)cc1. The summed E-state index contributed by atoms with van der Waals surface area (Å²) in [5.74, 6) is 0.748. The molecule has 2 aromatic heterocycles. The molecule has 0 aliphatic heterocycles. The first-order valence-electron chi connectivity index (χ1n) is 9.45. The molecule has 28 heavy (non-hydrogen) atoms. The van der Waals surface area contributed by atoms with E-state index in [0.29, 0.717) is 17.7 Å². The lowest BCUT2D eigenvalue weighted by Crippen LogP contribution is -2.15. The molecule has 5 nitrogen and oxygen atoms in total. The first kappa shape index (κ1) is 19.4. The third-order valence-corrected chi connectivity index (χ3v) is 7.33. The lowest BCUT2D eigenvalue weighted by molar-refractivity contribution is -0.116. The van der Waals surface area contributed by atoms with E-state index in [1.165, 1.54) is 30.6 Å². The van der Waals surface area contributed by atoms with E-state index in [0.717, 1.165) is 21.6 Å². The van der Waals surface area contributed by atoms with E-state index in [-0.39, 0.29) is 5.91 Å². The van der Waals surface area contributed by atoms with Gasteiger partial charge in [0.05, 0.1) is 4.88 Å². The molecule has 0 bridgehead atoms. The van der Waals surface area contributed by atoms with Gasteiger partial charge >= 0.3 is 0 Å². The fourth-order valence-electron chi connectivity index (χ4n) is 3.37. The second kappa shape index (κ2) is 9.07. The Hall–Kier alpha value is -1.90. The van der Waals surface area contributed by atoms with Gasteiger partial charge in [0.2, 0.25) is 5.91 Å². The van der Waals surface area contributed by atoms with Gasteiger partial charge < -0.3 is 5.32 Å². The van der Waals surface area contributed by atoms with Crippen molar-refractivity contribution in [2.45, 2.75) is 48.8 Å². The number of thiophene rings is 1. The van der Waals surface area contributed by atoms with Crippen LogP contribution in [-0.2, 0) is 11.3 Å². The Labute approximate surface area is 177 Å². The van der Waals surface area contributed by atoms with E-state index < -0.39 is 0 Å². The maximum absolute atomic E-state index is 12.4. The second-order valence-corrected chi connectivity index (χ2v) is 9.54. The predicted octanol–water partition coefficient (Wildman–Crippen LogP) is 5.73. The molecule has 8 heteroatoms. The van der Waals surface area contributed by atoms with E-state index >= 15 is 0 Å². The summed E-state index contributed by atoms with van der Waals surface area (Å²) in [6.45, 7) is 0.490. The summed E-state index contributed by atoms with van der Waals surface area (Å²) in [5.41, 5.74) is 0.829. The summed E-state index contributed by atoms with van der Waals surface area (Å²) >= 11 is 8.87. The summed E-state index contributed by atoms with van der Waals surface area (Å²) < 4.78 is 2.41. The number of thioether (sulfide) groups is 1. The smallest absolute Gasteiger partial charge is 0.226 e. The van der Waals surface area contributed by atoms with Crippen LogP contribution in [0.5, 0.6) is 0 Å². The summed E-state index contributed by atoms with van der Waals surface area (Å²) in [5, 5.41) is 12.8. The zero-order valence-corrected chi connectivity index (χ0v) is 17.8. The van der Waals surface area contributed by atoms with Crippen LogP contribution >= 0.6 is 35.3 Å². The highest BCUT2D eigenvalue weighted by Gasteiger charge is 2.16. The molecule has 1 aliphatic carbocycles. The van der Waals surface area contributed by atoms with Crippen LogP contribution in [0.2, 0.25) is 0 Å². The molecular weight excluding hydrogens is 408 g/mol. The molecule has 1 amide bonds. The zero-order valence-electron chi connectivity index (χ0n) is 15.4. The number of anilines is 1.